The molecule has 7 heteroatoms. The first-order chi connectivity index (χ1) is 12.9. The molecule has 0 unspecified atom stereocenters. The second-order valence-corrected chi connectivity index (χ2v) is 7.77. The number of benzene rings is 2. The minimum atomic E-state index is -3.71. The summed E-state index contributed by atoms with van der Waals surface area (Å²) in [6.07, 6.45) is 1.54. The Labute approximate surface area is 158 Å². The number of nitriles is 1. The van der Waals surface area contributed by atoms with Gasteiger partial charge in [0.25, 0.3) is 10.0 Å². The molecule has 2 N–H and O–H groups in total. The molecule has 3 aromatic rings. The summed E-state index contributed by atoms with van der Waals surface area (Å²) in [6, 6.07) is 17.7. The molecule has 0 saturated carbocycles. The van der Waals surface area contributed by atoms with Gasteiger partial charge in [-0.1, -0.05) is 12.1 Å². The molecule has 6 nitrogen and oxygen atoms in total. The number of hydrogen-bond donors (Lipinski definition) is 2. The number of anilines is 3. The quantitative estimate of drug-likeness (QED) is 0.696. The molecule has 0 fully saturated rings. The summed E-state index contributed by atoms with van der Waals surface area (Å²) >= 11 is 0. The van der Waals surface area contributed by atoms with Gasteiger partial charge in [0, 0.05) is 5.69 Å². The molecule has 3 rings (SSSR count). The second kappa shape index (κ2) is 7.48. The predicted octanol–water partition coefficient (Wildman–Crippen LogP) is 4.11. The second-order valence-electron chi connectivity index (χ2n) is 6.12. The number of sulfonamides is 1. The van der Waals surface area contributed by atoms with Gasteiger partial charge in [0.1, 0.15) is 5.82 Å². The monoisotopic (exact) mass is 378 g/mol. The predicted molar refractivity (Wildman–Crippen MR) is 105 cm³/mol. The lowest BCUT2D eigenvalue weighted by Gasteiger charge is -2.11. The third kappa shape index (κ3) is 4.43. The highest BCUT2D eigenvalue weighted by molar-refractivity contribution is 7.92. The van der Waals surface area contributed by atoms with Crippen LogP contribution in [0.3, 0.4) is 0 Å². The minimum absolute atomic E-state index is 0.237. The van der Waals surface area contributed by atoms with Crippen LogP contribution in [-0.4, -0.2) is 13.4 Å². The molecule has 0 aliphatic carbocycles. The van der Waals surface area contributed by atoms with Crippen molar-refractivity contribution in [3.63, 3.8) is 0 Å². The molecule has 1 aromatic heterocycles. The normalized spacial score (nSPS) is 10.9. The molecular weight excluding hydrogens is 360 g/mol. The zero-order chi connectivity index (χ0) is 19.4. The Morgan fingerprint density at radius 1 is 0.963 bits per heavy atom. The van der Waals surface area contributed by atoms with E-state index in [1.54, 1.807) is 61.7 Å². The van der Waals surface area contributed by atoms with Gasteiger partial charge in [-0.05, 0) is 67.4 Å². The van der Waals surface area contributed by atoms with Gasteiger partial charge in [-0.2, -0.15) is 5.26 Å². The van der Waals surface area contributed by atoms with Crippen molar-refractivity contribution in [1.29, 1.82) is 5.26 Å². The fourth-order valence-corrected chi connectivity index (χ4v) is 3.85. The number of aryl methyl sites for hydroxylation is 2. The highest BCUT2D eigenvalue weighted by atomic mass is 32.2. The Bertz CT molecular complexity index is 1100. The number of pyridine rings is 1. The fourth-order valence-electron chi connectivity index (χ4n) is 2.51. The van der Waals surface area contributed by atoms with Crippen molar-refractivity contribution >= 4 is 27.2 Å². The van der Waals surface area contributed by atoms with E-state index in [2.05, 4.69) is 21.1 Å². The molecule has 1 heterocycles. The van der Waals surface area contributed by atoms with Gasteiger partial charge in [-0.25, -0.2) is 13.4 Å². The minimum Gasteiger partial charge on any atom is -0.354 e. The van der Waals surface area contributed by atoms with E-state index < -0.39 is 10.0 Å². The fraction of sp³-hybridized carbons (Fsp3) is 0.100. The first-order valence-corrected chi connectivity index (χ1v) is 9.69. The molecule has 0 aliphatic rings. The Morgan fingerprint density at radius 3 is 2.30 bits per heavy atom. The zero-order valence-electron chi connectivity index (χ0n) is 14.9. The van der Waals surface area contributed by atoms with Gasteiger partial charge in [0.15, 0.2) is 0 Å². The number of rotatable bonds is 5. The van der Waals surface area contributed by atoms with Crippen LogP contribution in [0.2, 0.25) is 0 Å². The highest BCUT2D eigenvalue weighted by Crippen LogP contribution is 2.21. The Kier molecular flexibility index (Phi) is 5.10. The molecular formula is C20H18N4O2S. The molecule has 0 aliphatic heterocycles. The molecule has 0 bridgehead atoms. The lowest BCUT2D eigenvalue weighted by molar-refractivity contribution is 0.600. The molecule has 0 radical (unpaired) electrons. The van der Waals surface area contributed by atoms with Crippen molar-refractivity contribution in [3.05, 3.63) is 77.5 Å². The summed E-state index contributed by atoms with van der Waals surface area (Å²) < 4.78 is 27.7. The van der Waals surface area contributed by atoms with Crippen molar-refractivity contribution in [2.45, 2.75) is 18.7 Å². The number of aromatic nitrogens is 1. The zero-order valence-corrected chi connectivity index (χ0v) is 15.7. The average molecular weight is 378 g/mol. The SMILES string of the molecule is Cc1ccc(C)c(S(=O)(=O)Nc2ccc(Nc3ccc(C#N)cc3)cn2)c1. The lowest BCUT2D eigenvalue weighted by Crippen LogP contribution is -2.15. The first kappa shape index (κ1) is 18.4. The first-order valence-electron chi connectivity index (χ1n) is 8.21. The van der Waals surface area contributed by atoms with Crippen LogP contribution in [0.25, 0.3) is 0 Å². The molecule has 2 aromatic carbocycles. The smallest absolute Gasteiger partial charge is 0.263 e. The molecule has 0 amide bonds. The van der Waals surface area contributed by atoms with E-state index in [9.17, 15) is 8.42 Å². The molecule has 0 spiro atoms. The van der Waals surface area contributed by atoms with Gasteiger partial charge in [0.05, 0.1) is 28.4 Å². The van der Waals surface area contributed by atoms with E-state index in [0.29, 0.717) is 16.8 Å². The number of nitrogens with one attached hydrogen (secondary N) is 2. The third-order valence-electron chi connectivity index (χ3n) is 3.94. The maximum absolute atomic E-state index is 12.6. The Hall–Kier alpha value is -3.37. The van der Waals surface area contributed by atoms with Crippen LogP contribution in [-0.2, 0) is 10.0 Å². The summed E-state index contributed by atoms with van der Waals surface area (Å²) in [4.78, 5) is 4.41. The van der Waals surface area contributed by atoms with Crippen molar-refractivity contribution in [1.82, 2.24) is 4.98 Å². The van der Waals surface area contributed by atoms with Crippen LogP contribution in [0.1, 0.15) is 16.7 Å². The van der Waals surface area contributed by atoms with Crippen LogP contribution < -0.4 is 10.0 Å². The van der Waals surface area contributed by atoms with Gasteiger partial charge in [-0.3, -0.25) is 4.72 Å². The topological polar surface area (TPSA) is 94.9 Å². The van der Waals surface area contributed by atoms with E-state index in [1.807, 2.05) is 13.0 Å². The van der Waals surface area contributed by atoms with Crippen LogP contribution in [0.5, 0.6) is 0 Å². The standard InChI is InChI=1S/C20H18N4O2S/c1-14-3-4-15(2)19(11-14)27(25,26)24-20-10-9-18(13-22-20)23-17-7-5-16(12-21)6-8-17/h3-11,13,23H,1-2H3,(H,22,24). The van der Waals surface area contributed by atoms with Crippen molar-refractivity contribution in [2.24, 2.45) is 0 Å². The van der Waals surface area contributed by atoms with E-state index in [4.69, 9.17) is 5.26 Å². The Morgan fingerprint density at radius 2 is 1.67 bits per heavy atom. The highest BCUT2D eigenvalue weighted by Gasteiger charge is 2.17. The van der Waals surface area contributed by atoms with Gasteiger partial charge in [-0.15, -0.1) is 0 Å². The van der Waals surface area contributed by atoms with Crippen LogP contribution in [0.4, 0.5) is 17.2 Å². The van der Waals surface area contributed by atoms with Gasteiger partial charge in [0.2, 0.25) is 0 Å². The summed E-state index contributed by atoms with van der Waals surface area (Å²) in [5.74, 6) is 0.237. The molecule has 0 saturated heterocycles. The van der Waals surface area contributed by atoms with Crippen molar-refractivity contribution in [2.75, 3.05) is 10.0 Å². The van der Waals surface area contributed by atoms with E-state index in [1.165, 1.54) is 0 Å². The van der Waals surface area contributed by atoms with Gasteiger partial charge < -0.3 is 5.32 Å². The molecule has 27 heavy (non-hydrogen) atoms. The third-order valence-corrected chi connectivity index (χ3v) is 5.43. The van der Waals surface area contributed by atoms with Crippen molar-refractivity contribution in [3.8, 4) is 6.07 Å². The maximum Gasteiger partial charge on any atom is 0.263 e. The Balaban J connectivity index is 1.75. The van der Waals surface area contributed by atoms with Gasteiger partial charge >= 0.3 is 0 Å². The largest absolute Gasteiger partial charge is 0.354 e. The molecule has 0 atom stereocenters. The van der Waals surface area contributed by atoms with E-state index in [0.717, 1.165) is 11.3 Å². The van der Waals surface area contributed by atoms with E-state index >= 15 is 0 Å². The molecule has 136 valence electrons. The average Bonchev–Trinajstić information content (AvgIpc) is 2.65. The van der Waals surface area contributed by atoms with Crippen molar-refractivity contribution < 1.29 is 8.42 Å². The van der Waals surface area contributed by atoms with Crippen LogP contribution >= 0.6 is 0 Å². The summed E-state index contributed by atoms with van der Waals surface area (Å²) in [6.45, 7) is 3.60. The summed E-state index contributed by atoms with van der Waals surface area (Å²) in [5, 5.41) is 12.0. The number of nitrogens with zero attached hydrogens (tertiary/aromatic N) is 2. The summed E-state index contributed by atoms with van der Waals surface area (Å²) in [7, 11) is -3.71. The summed E-state index contributed by atoms with van der Waals surface area (Å²) in [5.41, 5.74) is 3.63. The van der Waals surface area contributed by atoms with E-state index in [-0.39, 0.29) is 10.7 Å². The van der Waals surface area contributed by atoms with Crippen LogP contribution in [0.15, 0.2) is 65.7 Å². The lowest BCUT2D eigenvalue weighted by atomic mass is 10.2. The van der Waals surface area contributed by atoms with Crippen LogP contribution in [0, 0.1) is 25.2 Å². The maximum atomic E-state index is 12.6. The number of hydrogen-bond acceptors (Lipinski definition) is 5.